The Labute approximate surface area is 126 Å². The summed E-state index contributed by atoms with van der Waals surface area (Å²) in [6.07, 6.45) is 0.0542. The summed E-state index contributed by atoms with van der Waals surface area (Å²) >= 11 is 0. The van der Waals surface area contributed by atoms with E-state index in [0.717, 1.165) is 5.39 Å². The van der Waals surface area contributed by atoms with E-state index in [1.165, 1.54) is 12.1 Å². The van der Waals surface area contributed by atoms with Crippen molar-refractivity contribution in [3.05, 3.63) is 66.1 Å². The largest absolute Gasteiger partial charge is 0.397 e. The number of para-hydroxylation sites is 2. The van der Waals surface area contributed by atoms with Crippen molar-refractivity contribution in [1.82, 2.24) is 4.98 Å². The first kappa shape index (κ1) is 14.0. The highest BCUT2D eigenvalue weighted by molar-refractivity contribution is 5.93. The van der Waals surface area contributed by atoms with Gasteiger partial charge in [0.25, 0.3) is 0 Å². The standard InChI is InChI=1S/C17H14FN3O/c18-13-5-1-2-7-15(13)21-16(22)10-12-9-8-11-4-3-6-14(19)17(11)20-12/h1-9H,10,19H2,(H,21,22). The van der Waals surface area contributed by atoms with Crippen molar-refractivity contribution >= 4 is 28.2 Å². The fourth-order valence-electron chi connectivity index (χ4n) is 2.23. The van der Waals surface area contributed by atoms with Crippen LogP contribution < -0.4 is 11.1 Å². The number of nitrogens with two attached hydrogens (primary N) is 1. The molecule has 0 spiro atoms. The number of nitrogens with one attached hydrogen (secondary N) is 1. The monoisotopic (exact) mass is 295 g/mol. The molecule has 4 nitrogen and oxygen atoms in total. The van der Waals surface area contributed by atoms with Crippen LogP contribution in [0.1, 0.15) is 5.69 Å². The highest BCUT2D eigenvalue weighted by atomic mass is 19.1. The van der Waals surface area contributed by atoms with Gasteiger partial charge in [-0.2, -0.15) is 0 Å². The lowest BCUT2D eigenvalue weighted by Gasteiger charge is -2.07. The van der Waals surface area contributed by atoms with Crippen molar-refractivity contribution in [2.75, 3.05) is 11.1 Å². The lowest BCUT2D eigenvalue weighted by Crippen LogP contribution is -2.16. The van der Waals surface area contributed by atoms with E-state index in [1.807, 2.05) is 18.2 Å². The van der Waals surface area contributed by atoms with Gasteiger partial charge in [-0.25, -0.2) is 4.39 Å². The number of pyridine rings is 1. The van der Waals surface area contributed by atoms with Gasteiger partial charge >= 0.3 is 0 Å². The molecule has 1 heterocycles. The lowest BCUT2D eigenvalue weighted by molar-refractivity contribution is -0.115. The van der Waals surface area contributed by atoms with Gasteiger partial charge in [-0.3, -0.25) is 9.78 Å². The Kier molecular flexibility index (Phi) is 3.70. The second-order valence-corrected chi connectivity index (χ2v) is 4.93. The van der Waals surface area contributed by atoms with Crippen molar-refractivity contribution in [1.29, 1.82) is 0 Å². The quantitative estimate of drug-likeness (QED) is 0.729. The van der Waals surface area contributed by atoms with Crippen LogP contribution in [-0.4, -0.2) is 10.9 Å². The number of nitrogen functional groups attached to an aromatic ring is 1. The van der Waals surface area contributed by atoms with E-state index in [2.05, 4.69) is 10.3 Å². The van der Waals surface area contributed by atoms with Gasteiger partial charge in [-0.1, -0.05) is 30.3 Å². The molecule has 3 N–H and O–H groups in total. The number of hydrogen-bond acceptors (Lipinski definition) is 3. The van der Waals surface area contributed by atoms with Crippen molar-refractivity contribution in [3.63, 3.8) is 0 Å². The Morgan fingerprint density at radius 1 is 1.09 bits per heavy atom. The van der Waals surface area contributed by atoms with E-state index < -0.39 is 5.82 Å². The number of rotatable bonds is 3. The smallest absolute Gasteiger partial charge is 0.230 e. The Bertz CT molecular complexity index is 848. The third kappa shape index (κ3) is 2.88. The highest BCUT2D eigenvalue weighted by Gasteiger charge is 2.09. The second kappa shape index (κ2) is 5.81. The highest BCUT2D eigenvalue weighted by Crippen LogP contribution is 2.19. The first-order chi connectivity index (χ1) is 10.6. The van der Waals surface area contributed by atoms with Crippen LogP contribution in [0.5, 0.6) is 0 Å². The summed E-state index contributed by atoms with van der Waals surface area (Å²) in [5, 5.41) is 3.45. The molecular formula is C17H14FN3O. The molecule has 3 aromatic rings. The summed E-state index contributed by atoms with van der Waals surface area (Å²) in [6.45, 7) is 0. The van der Waals surface area contributed by atoms with Gasteiger partial charge in [0.2, 0.25) is 5.91 Å². The van der Waals surface area contributed by atoms with E-state index in [9.17, 15) is 9.18 Å². The molecule has 0 aliphatic carbocycles. The van der Waals surface area contributed by atoms with Gasteiger partial charge in [0.1, 0.15) is 5.82 Å². The molecule has 0 unspecified atom stereocenters. The summed E-state index contributed by atoms with van der Waals surface area (Å²) < 4.78 is 13.5. The number of benzene rings is 2. The molecular weight excluding hydrogens is 281 g/mol. The zero-order chi connectivity index (χ0) is 15.5. The molecule has 5 heteroatoms. The van der Waals surface area contributed by atoms with E-state index in [0.29, 0.717) is 16.9 Å². The Morgan fingerprint density at radius 3 is 2.73 bits per heavy atom. The predicted molar refractivity (Wildman–Crippen MR) is 84.9 cm³/mol. The number of aromatic nitrogens is 1. The van der Waals surface area contributed by atoms with Crippen LogP contribution in [-0.2, 0) is 11.2 Å². The van der Waals surface area contributed by atoms with Crippen LogP contribution >= 0.6 is 0 Å². The minimum Gasteiger partial charge on any atom is -0.397 e. The van der Waals surface area contributed by atoms with Crippen LogP contribution in [0.25, 0.3) is 10.9 Å². The molecule has 110 valence electrons. The summed E-state index contributed by atoms with van der Waals surface area (Å²) in [5.41, 5.74) is 7.86. The number of nitrogens with zero attached hydrogens (tertiary/aromatic N) is 1. The molecule has 0 radical (unpaired) electrons. The number of fused-ring (bicyclic) bond motifs is 1. The molecule has 1 amide bonds. The third-order valence-electron chi connectivity index (χ3n) is 3.30. The summed E-state index contributed by atoms with van der Waals surface area (Å²) in [6, 6.07) is 15.2. The SMILES string of the molecule is Nc1cccc2ccc(CC(=O)Nc3ccccc3F)nc12. The minimum atomic E-state index is -0.466. The van der Waals surface area contributed by atoms with Crippen molar-refractivity contribution < 1.29 is 9.18 Å². The molecule has 0 saturated carbocycles. The Morgan fingerprint density at radius 2 is 1.91 bits per heavy atom. The molecule has 0 saturated heterocycles. The number of amides is 1. The van der Waals surface area contributed by atoms with Gasteiger partial charge in [0.15, 0.2) is 0 Å². The predicted octanol–water partition coefficient (Wildman–Crippen LogP) is 3.14. The fourth-order valence-corrected chi connectivity index (χ4v) is 2.23. The number of carbonyl (C=O) groups is 1. The summed E-state index contributed by atoms with van der Waals surface area (Å²) in [7, 11) is 0. The first-order valence-corrected chi connectivity index (χ1v) is 6.82. The van der Waals surface area contributed by atoms with Crippen LogP contribution in [0.3, 0.4) is 0 Å². The summed E-state index contributed by atoms with van der Waals surface area (Å²) in [5.74, 6) is -0.794. The van der Waals surface area contributed by atoms with Crippen LogP contribution in [0.2, 0.25) is 0 Å². The van der Waals surface area contributed by atoms with Crippen LogP contribution in [0, 0.1) is 5.82 Å². The van der Waals surface area contributed by atoms with Crippen LogP contribution in [0.15, 0.2) is 54.6 Å². The van der Waals surface area contributed by atoms with Crippen LogP contribution in [0.4, 0.5) is 15.8 Å². The van der Waals surface area contributed by atoms with Crippen molar-refractivity contribution in [3.8, 4) is 0 Å². The zero-order valence-electron chi connectivity index (χ0n) is 11.7. The van der Waals surface area contributed by atoms with Gasteiger partial charge in [0.05, 0.1) is 29.0 Å². The first-order valence-electron chi connectivity index (χ1n) is 6.82. The summed E-state index contributed by atoms with van der Waals surface area (Å²) in [4.78, 5) is 16.4. The van der Waals surface area contributed by atoms with Gasteiger partial charge in [-0.05, 0) is 24.3 Å². The maximum atomic E-state index is 13.5. The van der Waals surface area contributed by atoms with Gasteiger partial charge < -0.3 is 11.1 Å². The molecule has 0 aliphatic heterocycles. The maximum absolute atomic E-state index is 13.5. The normalized spacial score (nSPS) is 10.6. The number of hydrogen-bond donors (Lipinski definition) is 2. The second-order valence-electron chi connectivity index (χ2n) is 4.93. The minimum absolute atomic E-state index is 0.0542. The molecule has 0 atom stereocenters. The maximum Gasteiger partial charge on any atom is 0.230 e. The van der Waals surface area contributed by atoms with Crippen molar-refractivity contribution in [2.45, 2.75) is 6.42 Å². The molecule has 0 bridgehead atoms. The Balaban J connectivity index is 1.79. The number of carbonyl (C=O) groups excluding carboxylic acids is 1. The van der Waals surface area contributed by atoms with Gasteiger partial charge in [0, 0.05) is 5.39 Å². The molecule has 0 aliphatic rings. The van der Waals surface area contributed by atoms with Gasteiger partial charge in [-0.15, -0.1) is 0 Å². The average molecular weight is 295 g/mol. The molecule has 0 fully saturated rings. The van der Waals surface area contributed by atoms with E-state index in [4.69, 9.17) is 5.73 Å². The average Bonchev–Trinajstić information content (AvgIpc) is 2.50. The van der Waals surface area contributed by atoms with E-state index in [-0.39, 0.29) is 18.0 Å². The number of anilines is 2. The van der Waals surface area contributed by atoms with E-state index >= 15 is 0 Å². The molecule has 1 aromatic heterocycles. The zero-order valence-corrected chi connectivity index (χ0v) is 11.7. The Hall–Kier alpha value is -2.95. The molecule has 3 rings (SSSR count). The van der Waals surface area contributed by atoms with Crippen molar-refractivity contribution in [2.24, 2.45) is 0 Å². The molecule has 2 aromatic carbocycles. The lowest BCUT2D eigenvalue weighted by atomic mass is 10.1. The third-order valence-corrected chi connectivity index (χ3v) is 3.30. The van der Waals surface area contributed by atoms with E-state index in [1.54, 1.807) is 24.3 Å². The topological polar surface area (TPSA) is 68.0 Å². The molecule has 22 heavy (non-hydrogen) atoms. The number of halogens is 1. The fraction of sp³-hybridized carbons (Fsp3) is 0.0588.